The fourth-order valence-corrected chi connectivity index (χ4v) is 2.76. The van der Waals surface area contributed by atoms with E-state index in [0.29, 0.717) is 20.5 Å². The van der Waals surface area contributed by atoms with E-state index in [4.69, 9.17) is 0 Å². The third-order valence-corrected chi connectivity index (χ3v) is 3.84. The van der Waals surface area contributed by atoms with Crippen molar-refractivity contribution in [2.45, 2.75) is 6.92 Å². The highest BCUT2D eigenvalue weighted by Gasteiger charge is 2.23. The first-order valence-electron chi connectivity index (χ1n) is 5.13. The van der Waals surface area contributed by atoms with Crippen LogP contribution in [0, 0.1) is 0 Å². The normalized spacial score (nSPS) is 17.6. The molecule has 0 radical (unpaired) electrons. The number of amides is 1. The Hall–Kier alpha value is -1.14. The molecule has 4 nitrogen and oxygen atoms in total. The molecule has 0 atom stereocenters. The van der Waals surface area contributed by atoms with Crippen molar-refractivity contribution in [1.29, 1.82) is 0 Å². The van der Waals surface area contributed by atoms with E-state index < -0.39 is 0 Å². The number of halogens is 2. The van der Waals surface area contributed by atoms with Crippen LogP contribution in [0.2, 0.25) is 0 Å². The summed E-state index contributed by atoms with van der Waals surface area (Å²) in [5.74, 6) is 0.669. The van der Waals surface area contributed by atoms with Crippen molar-refractivity contribution in [3.63, 3.8) is 0 Å². The van der Waals surface area contributed by atoms with E-state index in [9.17, 15) is 9.90 Å². The minimum absolute atomic E-state index is 0.131. The number of aliphatic imine (C=N–C) groups is 1. The van der Waals surface area contributed by atoms with Gasteiger partial charge in [-0.2, -0.15) is 0 Å². The molecule has 1 aromatic rings. The smallest absolute Gasteiger partial charge is 0.277 e. The van der Waals surface area contributed by atoms with Crippen molar-refractivity contribution in [2.24, 2.45) is 4.99 Å². The molecule has 1 N–H and O–H groups in total. The van der Waals surface area contributed by atoms with E-state index in [-0.39, 0.29) is 11.7 Å². The van der Waals surface area contributed by atoms with Gasteiger partial charge in [-0.25, -0.2) is 4.99 Å². The molecule has 1 aliphatic heterocycles. The van der Waals surface area contributed by atoms with E-state index in [2.05, 4.69) is 36.9 Å². The van der Waals surface area contributed by atoms with Crippen molar-refractivity contribution in [2.75, 3.05) is 7.05 Å². The number of hydrogen-bond acceptors (Lipinski definition) is 3. The standard InChI is InChI=1S/C12H10Br2N2O2/c1-6-15-10(12(18)16(6)2)5-7-3-8(13)11(17)9(14)4-7/h3-5,17H,1-2H3/b10-5+. The van der Waals surface area contributed by atoms with E-state index >= 15 is 0 Å². The van der Waals surface area contributed by atoms with E-state index in [1.807, 2.05) is 0 Å². The van der Waals surface area contributed by atoms with Crippen molar-refractivity contribution in [1.82, 2.24) is 4.90 Å². The predicted molar refractivity (Wildman–Crippen MR) is 77.4 cm³/mol. The Bertz CT molecular complexity index is 571. The zero-order chi connectivity index (χ0) is 13.4. The maximum atomic E-state index is 11.8. The van der Waals surface area contributed by atoms with Crippen LogP contribution in [0.5, 0.6) is 5.75 Å². The molecule has 94 valence electrons. The zero-order valence-corrected chi connectivity index (χ0v) is 12.9. The molecule has 0 fully saturated rings. The third-order valence-electron chi connectivity index (χ3n) is 2.63. The number of likely N-dealkylation sites (N-methyl/N-ethyl adjacent to an activating group) is 1. The van der Waals surface area contributed by atoms with Crippen LogP contribution in [-0.2, 0) is 4.79 Å². The maximum Gasteiger partial charge on any atom is 0.277 e. The lowest BCUT2D eigenvalue weighted by molar-refractivity contribution is -0.121. The molecular formula is C12H10Br2N2O2. The Labute approximate surface area is 121 Å². The summed E-state index contributed by atoms with van der Waals surface area (Å²) < 4.78 is 1.12. The van der Waals surface area contributed by atoms with Crippen molar-refractivity contribution < 1.29 is 9.90 Å². The summed E-state index contributed by atoms with van der Waals surface area (Å²) in [6, 6.07) is 3.45. The Balaban J connectivity index is 2.44. The largest absolute Gasteiger partial charge is 0.506 e. The first kappa shape index (κ1) is 13.3. The van der Waals surface area contributed by atoms with Gasteiger partial charge in [-0.05, 0) is 62.6 Å². The first-order chi connectivity index (χ1) is 8.40. The number of benzene rings is 1. The fraction of sp³-hybridized carbons (Fsp3) is 0.167. The quantitative estimate of drug-likeness (QED) is 0.769. The predicted octanol–water partition coefficient (Wildman–Crippen LogP) is 3.15. The molecule has 0 bridgehead atoms. The van der Waals surface area contributed by atoms with Crippen LogP contribution in [0.25, 0.3) is 6.08 Å². The van der Waals surface area contributed by atoms with Crippen molar-refractivity contribution in [3.8, 4) is 5.75 Å². The summed E-state index contributed by atoms with van der Waals surface area (Å²) in [4.78, 5) is 17.5. The minimum Gasteiger partial charge on any atom is -0.506 e. The van der Waals surface area contributed by atoms with Crippen LogP contribution in [0.4, 0.5) is 0 Å². The number of nitrogens with zero attached hydrogens (tertiary/aromatic N) is 2. The fourth-order valence-electron chi connectivity index (χ4n) is 1.54. The highest BCUT2D eigenvalue weighted by Crippen LogP contribution is 2.34. The van der Waals surface area contributed by atoms with Gasteiger partial charge in [0.25, 0.3) is 5.91 Å². The van der Waals surface area contributed by atoms with E-state index in [1.165, 1.54) is 4.90 Å². The van der Waals surface area contributed by atoms with Crippen LogP contribution in [0.1, 0.15) is 12.5 Å². The molecule has 1 aliphatic rings. The molecule has 0 unspecified atom stereocenters. The second-order valence-electron chi connectivity index (χ2n) is 3.89. The van der Waals surface area contributed by atoms with Crippen LogP contribution in [0.15, 0.2) is 31.8 Å². The third kappa shape index (κ3) is 2.35. The maximum absolute atomic E-state index is 11.8. The lowest BCUT2D eigenvalue weighted by Gasteiger charge is -2.06. The Morgan fingerprint density at radius 2 is 1.89 bits per heavy atom. The SMILES string of the molecule is CC1=N/C(=C/c2cc(Br)c(O)c(Br)c2)C(=O)N1C. The molecule has 0 saturated heterocycles. The van der Waals surface area contributed by atoms with Gasteiger partial charge in [-0.3, -0.25) is 9.69 Å². The summed E-state index contributed by atoms with van der Waals surface area (Å²) in [5, 5.41) is 9.61. The van der Waals surface area contributed by atoms with E-state index in [0.717, 1.165) is 5.56 Å². The van der Waals surface area contributed by atoms with Gasteiger partial charge in [0.2, 0.25) is 0 Å². The van der Waals surface area contributed by atoms with Gasteiger partial charge < -0.3 is 5.11 Å². The number of hydrogen-bond donors (Lipinski definition) is 1. The molecule has 2 rings (SSSR count). The van der Waals surface area contributed by atoms with Crippen LogP contribution in [0.3, 0.4) is 0 Å². The topological polar surface area (TPSA) is 52.9 Å². The average Bonchev–Trinajstić information content (AvgIpc) is 2.54. The van der Waals surface area contributed by atoms with Crippen LogP contribution in [-0.4, -0.2) is 28.8 Å². The van der Waals surface area contributed by atoms with Gasteiger partial charge in [0, 0.05) is 7.05 Å². The number of amidine groups is 1. The lowest BCUT2D eigenvalue weighted by atomic mass is 10.2. The van der Waals surface area contributed by atoms with Crippen LogP contribution >= 0.6 is 31.9 Å². The average molecular weight is 374 g/mol. The van der Waals surface area contributed by atoms with Gasteiger partial charge in [-0.1, -0.05) is 0 Å². The minimum atomic E-state index is -0.132. The molecule has 0 aromatic heterocycles. The lowest BCUT2D eigenvalue weighted by Crippen LogP contribution is -2.25. The van der Waals surface area contributed by atoms with Crippen molar-refractivity contribution >= 4 is 49.7 Å². The molecule has 18 heavy (non-hydrogen) atoms. The molecular weight excluding hydrogens is 364 g/mol. The number of aromatic hydroxyl groups is 1. The van der Waals surface area contributed by atoms with Crippen LogP contribution < -0.4 is 0 Å². The Morgan fingerprint density at radius 3 is 2.33 bits per heavy atom. The molecule has 0 saturated carbocycles. The molecule has 1 heterocycles. The molecule has 1 aromatic carbocycles. The summed E-state index contributed by atoms with van der Waals surface area (Å²) >= 11 is 6.49. The van der Waals surface area contributed by atoms with E-state index in [1.54, 1.807) is 32.2 Å². The number of rotatable bonds is 1. The van der Waals surface area contributed by atoms with Gasteiger partial charge in [0.15, 0.2) is 0 Å². The number of carbonyl (C=O) groups is 1. The van der Waals surface area contributed by atoms with Gasteiger partial charge >= 0.3 is 0 Å². The summed E-state index contributed by atoms with van der Waals surface area (Å²) in [5.41, 5.74) is 1.17. The monoisotopic (exact) mass is 372 g/mol. The zero-order valence-electron chi connectivity index (χ0n) is 9.74. The molecule has 0 aliphatic carbocycles. The second kappa shape index (κ2) is 4.85. The first-order valence-corrected chi connectivity index (χ1v) is 6.72. The Kier molecular flexibility index (Phi) is 3.59. The summed E-state index contributed by atoms with van der Waals surface area (Å²) in [6.07, 6.45) is 1.68. The summed E-state index contributed by atoms with van der Waals surface area (Å²) in [7, 11) is 1.69. The molecule has 1 amide bonds. The highest BCUT2D eigenvalue weighted by molar-refractivity contribution is 9.11. The summed E-state index contributed by atoms with van der Waals surface area (Å²) in [6.45, 7) is 1.78. The molecule has 0 spiro atoms. The van der Waals surface area contributed by atoms with Gasteiger partial charge in [0.05, 0.1) is 8.95 Å². The molecule has 6 heteroatoms. The van der Waals surface area contributed by atoms with Gasteiger partial charge in [0.1, 0.15) is 17.3 Å². The van der Waals surface area contributed by atoms with Gasteiger partial charge in [-0.15, -0.1) is 0 Å². The van der Waals surface area contributed by atoms with Crippen molar-refractivity contribution in [3.05, 3.63) is 32.3 Å². The highest BCUT2D eigenvalue weighted by atomic mass is 79.9. The number of phenols is 1. The number of carbonyl (C=O) groups excluding carboxylic acids is 1. The second-order valence-corrected chi connectivity index (χ2v) is 5.59. The Morgan fingerprint density at radius 1 is 1.33 bits per heavy atom. The number of phenolic OH excluding ortho intramolecular Hbond substituents is 1.